The van der Waals surface area contributed by atoms with E-state index in [2.05, 4.69) is 25.9 Å². The normalized spacial score (nSPS) is 11.3. The van der Waals surface area contributed by atoms with Gasteiger partial charge in [0.2, 0.25) is 0 Å². The van der Waals surface area contributed by atoms with Gasteiger partial charge in [0.1, 0.15) is 5.69 Å². The Hall–Kier alpha value is -1.18. The summed E-state index contributed by atoms with van der Waals surface area (Å²) in [6.45, 7) is 6.52. The van der Waals surface area contributed by atoms with E-state index in [4.69, 9.17) is 0 Å². The second-order valence-corrected chi connectivity index (χ2v) is 4.50. The lowest BCUT2D eigenvalue weighted by Gasteiger charge is -2.17. The van der Waals surface area contributed by atoms with Gasteiger partial charge < -0.3 is 0 Å². The van der Waals surface area contributed by atoms with Gasteiger partial charge in [-0.3, -0.25) is 0 Å². The molecule has 0 amide bonds. The highest BCUT2D eigenvalue weighted by Crippen LogP contribution is 2.23. The summed E-state index contributed by atoms with van der Waals surface area (Å²) >= 11 is 0. The standard InChI is InChI=1S/C11H15NO/c1-11(2,3)8-9-5-4-6-10(7-9)12-13/h4-7H,8H2,1-3H3. The molecule has 0 heterocycles. The summed E-state index contributed by atoms with van der Waals surface area (Å²) in [5.74, 6) is 0. The molecule has 0 aliphatic carbocycles. The van der Waals surface area contributed by atoms with Gasteiger partial charge in [-0.1, -0.05) is 32.9 Å². The van der Waals surface area contributed by atoms with Crippen molar-refractivity contribution in [3.8, 4) is 0 Å². The van der Waals surface area contributed by atoms with Gasteiger partial charge in [-0.15, -0.1) is 4.91 Å². The minimum atomic E-state index is 0.251. The molecule has 0 N–H and O–H groups in total. The van der Waals surface area contributed by atoms with E-state index < -0.39 is 0 Å². The van der Waals surface area contributed by atoms with E-state index in [9.17, 15) is 4.91 Å². The maximum absolute atomic E-state index is 10.3. The fourth-order valence-electron chi connectivity index (χ4n) is 1.34. The first-order valence-corrected chi connectivity index (χ1v) is 4.43. The number of benzene rings is 1. The molecule has 0 aliphatic rings. The van der Waals surface area contributed by atoms with E-state index >= 15 is 0 Å². The maximum Gasteiger partial charge on any atom is 0.108 e. The van der Waals surface area contributed by atoms with Crippen molar-refractivity contribution in [3.63, 3.8) is 0 Å². The van der Waals surface area contributed by atoms with Crippen molar-refractivity contribution in [1.29, 1.82) is 0 Å². The summed E-state index contributed by atoms with van der Waals surface area (Å²) < 4.78 is 0. The van der Waals surface area contributed by atoms with Crippen LogP contribution >= 0.6 is 0 Å². The molecular weight excluding hydrogens is 162 g/mol. The molecular formula is C11H15NO. The van der Waals surface area contributed by atoms with E-state index in [1.165, 1.54) is 5.56 Å². The third-order valence-corrected chi connectivity index (χ3v) is 1.75. The minimum Gasteiger partial charge on any atom is -0.145 e. The van der Waals surface area contributed by atoms with Crippen molar-refractivity contribution in [2.24, 2.45) is 10.6 Å². The molecule has 2 nitrogen and oxygen atoms in total. The highest BCUT2D eigenvalue weighted by molar-refractivity contribution is 5.39. The fourth-order valence-corrected chi connectivity index (χ4v) is 1.34. The van der Waals surface area contributed by atoms with E-state index in [1.807, 2.05) is 18.2 Å². The molecule has 2 heteroatoms. The van der Waals surface area contributed by atoms with Crippen LogP contribution in [0.3, 0.4) is 0 Å². The summed E-state index contributed by atoms with van der Waals surface area (Å²) in [4.78, 5) is 10.3. The Labute approximate surface area is 79.0 Å². The average molecular weight is 177 g/mol. The SMILES string of the molecule is CC(C)(C)Cc1cccc(N=O)c1. The van der Waals surface area contributed by atoms with Gasteiger partial charge in [-0.25, -0.2) is 0 Å². The van der Waals surface area contributed by atoms with Gasteiger partial charge in [0.15, 0.2) is 0 Å². The number of rotatable bonds is 2. The second-order valence-electron chi connectivity index (χ2n) is 4.50. The van der Waals surface area contributed by atoms with E-state index in [1.54, 1.807) is 6.07 Å². The molecule has 0 atom stereocenters. The predicted octanol–water partition coefficient (Wildman–Crippen LogP) is 3.67. The number of nitroso groups, excluding NO2 is 1. The molecule has 1 aromatic carbocycles. The van der Waals surface area contributed by atoms with Crippen molar-refractivity contribution in [1.82, 2.24) is 0 Å². The third kappa shape index (κ3) is 3.36. The Bertz CT molecular complexity index is 299. The quantitative estimate of drug-likeness (QED) is 0.634. The molecule has 0 unspecified atom stereocenters. The van der Waals surface area contributed by atoms with Crippen LogP contribution < -0.4 is 0 Å². The third-order valence-electron chi connectivity index (χ3n) is 1.75. The molecule has 0 saturated carbocycles. The van der Waals surface area contributed by atoms with Gasteiger partial charge >= 0.3 is 0 Å². The number of nitrogens with zero attached hydrogens (tertiary/aromatic N) is 1. The van der Waals surface area contributed by atoms with Crippen molar-refractivity contribution >= 4 is 5.69 Å². The Morgan fingerprint density at radius 2 is 2.00 bits per heavy atom. The topological polar surface area (TPSA) is 29.4 Å². The van der Waals surface area contributed by atoms with Crippen LogP contribution in [0.1, 0.15) is 26.3 Å². The fraction of sp³-hybridized carbons (Fsp3) is 0.455. The zero-order valence-corrected chi connectivity index (χ0v) is 8.37. The number of hydrogen-bond donors (Lipinski definition) is 0. The first kappa shape index (κ1) is 9.90. The monoisotopic (exact) mass is 177 g/mol. The van der Waals surface area contributed by atoms with Gasteiger partial charge in [-0.2, -0.15) is 0 Å². The molecule has 0 saturated heterocycles. The molecule has 0 aromatic heterocycles. The Balaban J connectivity index is 2.84. The van der Waals surface area contributed by atoms with E-state index in [-0.39, 0.29) is 5.41 Å². The van der Waals surface area contributed by atoms with E-state index in [0.717, 1.165) is 6.42 Å². The molecule has 70 valence electrons. The van der Waals surface area contributed by atoms with Crippen molar-refractivity contribution < 1.29 is 0 Å². The van der Waals surface area contributed by atoms with Crippen molar-refractivity contribution in [2.45, 2.75) is 27.2 Å². The molecule has 0 fully saturated rings. The summed E-state index contributed by atoms with van der Waals surface area (Å²) in [6.07, 6.45) is 0.969. The molecule has 1 aromatic rings. The lowest BCUT2D eigenvalue weighted by Crippen LogP contribution is -2.08. The second kappa shape index (κ2) is 3.69. The van der Waals surface area contributed by atoms with Gasteiger partial charge in [0.25, 0.3) is 0 Å². The van der Waals surface area contributed by atoms with Gasteiger partial charge in [-0.05, 0) is 34.7 Å². The maximum atomic E-state index is 10.3. The summed E-state index contributed by atoms with van der Waals surface area (Å²) in [5, 5.41) is 2.91. The van der Waals surface area contributed by atoms with Crippen LogP contribution in [0.25, 0.3) is 0 Å². The van der Waals surface area contributed by atoms with Crippen LogP contribution in [0.5, 0.6) is 0 Å². The van der Waals surface area contributed by atoms with Crippen LogP contribution in [0.4, 0.5) is 5.69 Å². The van der Waals surface area contributed by atoms with Crippen LogP contribution in [0.15, 0.2) is 29.4 Å². The van der Waals surface area contributed by atoms with Crippen molar-refractivity contribution in [3.05, 3.63) is 34.7 Å². The average Bonchev–Trinajstić information content (AvgIpc) is 2.01. The zero-order valence-electron chi connectivity index (χ0n) is 8.37. The Morgan fingerprint density at radius 3 is 2.54 bits per heavy atom. The summed E-state index contributed by atoms with van der Waals surface area (Å²) in [7, 11) is 0. The zero-order chi connectivity index (χ0) is 9.90. The first-order chi connectivity index (χ1) is 6.01. The lowest BCUT2D eigenvalue weighted by molar-refractivity contribution is 0.411. The Kier molecular flexibility index (Phi) is 2.81. The largest absolute Gasteiger partial charge is 0.145 e. The first-order valence-electron chi connectivity index (χ1n) is 4.43. The van der Waals surface area contributed by atoms with Crippen molar-refractivity contribution in [2.75, 3.05) is 0 Å². The molecule has 0 bridgehead atoms. The highest BCUT2D eigenvalue weighted by Gasteiger charge is 2.11. The molecule has 0 aliphatic heterocycles. The molecule has 13 heavy (non-hydrogen) atoms. The predicted molar refractivity (Wildman–Crippen MR) is 55.1 cm³/mol. The lowest BCUT2D eigenvalue weighted by atomic mass is 9.88. The smallest absolute Gasteiger partial charge is 0.108 e. The van der Waals surface area contributed by atoms with Crippen LogP contribution in [0, 0.1) is 10.3 Å². The van der Waals surface area contributed by atoms with Crippen LogP contribution in [0.2, 0.25) is 0 Å². The van der Waals surface area contributed by atoms with Crippen LogP contribution in [-0.4, -0.2) is 0 Å². The molecule has 1 rings (SSSR count). The van der Waals surface area contributed by atoms with Crippen LogP contribution in [-0.2, 0) is 6.42 Å². The van der Waals surface area contributed by atoms with E-state index in [0.29, 0.717) is 5.69 Å². The minimum absolute atomic E-state index is 0.251. The summed E-state index contributed by atoms with van der Waals surface area (Å²) in [5.41, 5.74) is 1.94. The highest BCUT2D eigenvalue weighted by atomic mass is 16.3. The molecule has 0 spiro atoms. The Morgan fingerprint density at radius 1 is 1.31 bits per heavy atom. The number of hydrogen-bond acceptors (Lipinski definition) is 2. The van der Waals surface area contributed by atoms with Gasteiger partial charge in [0, 0.05) is 0 Å². The molecule has 0 radical (unpaired) electrons. The van der Waals surface area contributed by atoms with Gasteiger partial charge in [0.05, 0.1) is 0 Å². The summed E-state index contributed by atoms with van der Waals surface area (Å²) in [6, 6.07) is 7.47.